The smallest absolute Gasteiger partial charge is 0.258 e. The quantitative estimate of drug-likeness (QED) is 0.877. The van der Waals surface area contributed by atoms with E-state index < -0.39 is 0 Å². The predicted molar refractivity (Wildman–Crippen MR) is 71.7 cm³/mol. The zero-order valence-electron chi connectivity index (χ0n) is 10.9. The minimum Gasteiger partial charge on any atom is -0.355 e. The average molecular weight is 259 g/mol. The first kappa shape index (κ1) is 12.1. The van der Waals surface area contributed by atoms with Crippen LogP contribution in [-0.2, 0) is 0 Å². The maximum absolute atomic E-state index is 6.00. The van der Waals surface area contributed by atoms with Gasteiger partial charge in [-0.2, -0.15) is 4.98 Å². The summed E-state index contributed by atoms with van der Waals surface area (Å²) in [6.45, 7) is 3.64. The summed E-state index contributed by atoms with van der Waals surface area (Å²) in [6, 6.07) is 4.08. The number of anilines is 1. The largest absolute Gasteiger partial charge is 0.355 e. The van der Waals surface area contributed by atoms with Crippen LogP contribution in [0.3, 0.4) is 0 Å². The Morgan fingerprint density at radius 2 is 2.37 bits per heavy atom. The van der Waals surface area contributed by atoms with Crippen LogP contribution in [0, 0.1) is 6.92 Å². The first-order valence-corrected chi connectivity index (χ1v) is 6.49. The van der Waals surface area contributed by atoms with E-state index in [0.29, 0.717) is 11.7 Å². The summed E-state index contributed by atoms with van der Waals surface area (Å²) in [5, 5.41) is 3.81. The van der Waals surface area contributed by atoms with Crippen molar-refractivity contribution >= 4 is 5.82 Å². The van der Waals surface area contributed by atoms with Crippen LogP contribution in [0.4, 0.5) is 5.82 Å². The molecule has 0 saturated carbocycles. The zero-order chi connectivity index (χ0) is 13.2. The zero-order valence-corrected chi connectivity index (χ0v) is 10.9. The molecule has 0 aromatic carbocycles. The van der Waals surface area contributed by atoms with E-state index in [0.717, 1.165) is 37.3 Å². The number of rotatable bonds is 2. The molecule has 0 amide bonds. The van der Waals surface area contributed by atoms with Crippen molar-refractivity contribution in [2.24, 2.45) is 5.73 Å². The SMILES string of the molecule is Cc1noc(-c2ccnc(N3CCC[C@@H](N)C3)c2)n1. The minimum atomic E-state index is 0.227. The Kier molecular flexibility index (Phi) is 3.16. The minimum absolute atomic E-state index is 0.227. The molecule has 6 nitrogen and oxygen atoms in total. The normalized spacial score (nSPS) is 19.7. The molecule has 2 aromatic heterocycles. The summed E-state index contributed by atoms with van der Waals surface area (Å²) >= 11 is 0. The molecule has 2 aromatic rings. The summed E-state index contributed by atoms with van der Waals surface area (Å²) in [7, 11) is 0. The fraction of sp³-hybridized carbons (Fsp3) is 0.462. The Hall–Kier alpha value is -1.95. The van der Waals surface area contributed by atoms with Crippen molar-refractivity contribution in [3.8, 4) is 11.5 Å². The van der Waals surface area contributed by atoms with Gasteiger partial charge in [0.15, 0.2) is 5.82 Å². The van der Waals surface area contributed by atoms with Crippen LogP contribution in [0.1, 0.15) is 18.7 Å². The van der Waals surface area contributed by atoms with Gasteiger partial charge in [-0.25, -0.2) is 4.98 Å². The Bertz CT molecular complexity index is 568. The molecule has 1 aliphatic rings. The number of hydrogen-bond acceptors (Lipinski definition) is 6. The van der Waals surface area contributed by atoms with E-state index in [4.69, 9.17) is 10.3 Å². The number of piperidine rings is 1. The van der Waals surface area contributed by atoms with Crippen molar-refractivity contribution in [2.45, 2.75) is 25.8 Å². The van der Waals surface area contributed by atoms with Gasteiger partial charge in [-0.05, 0) is 31.9 Å². The molecule has 1 fully saturated rings. The van der Waals surface area contributed by atoms with Crippen LogP contribution in [0.2, 0.25) is 0 Å². The number of nitrogens with zero attached hydrogens (tertiary/aromatic N) is 4. The molecule has 3 heterocycles. The van der Waals surface area contributed by atoms with E-state index in [1.54, 1.807) is 13.1 Å². The Labute approximate surface area is 111 Å². The summed E-state index contributed by atoms with van der Waals surface area (Å²) in [5.74, 6) is 2.08. The number of aryl methyl sites for hydroxylation is 1. The van der Waals surface area contributed by atoms with Crippen molar-refractivity contribution in [3.05, 3.63) is 24.2 Å². The first-order chi connectivity index (χ1) is 9.22. The number of nitrogens with two attached hydrogens (primary N) is 1. The second-order valence-electron chi connectivity index (χ2n) is 4.90. The number of aromatic nitrogens is 3. The third-order valence-electron chi connectivity index (χ3n) is 3.30. The predicted octanol–water partition coefficient (Wildman–Crippen LogP) is 1.37. The van der Waals surface area contributed by atoms with Gasteiger partial charge in [0.25, 0.3) is 5.89 Å². The van der Waals surface area contributed by atoms with Gasteiger partial charge in [0, 0.05) is 30.9 Å². The third-order valence-corrected chi connectivity index (χ3v) is 3.30. The van der Waals surface area contributed by atoms with Crippen molar-refractivity contribution in [1.82, 2.24) is 15.1 Å². The molecule has 2 N–H and O–H groups in total. The lowest BCUT2D eigenvalue weighted by atomic mass is 10.1. The molecule has 0 radical (unpaired) electrons. The van der Waals surface area contributed by atoms with E-state index in [2.05, 4.69) is 20.0 Å². The van der Waals surface area contributed by atoms with Crippen LogP contribution in [0.25, 0.3) is 11.5 Å². The molecule has 1 atom stereocenters. The van der Waals surface area contributed by atoms with Crippen molar-refractivity contribution in [1.29, 1.82) is 0 Å². The first-order valence-electron chi connectivity index (χ1n) is 6.49. The van der Waals surface area contributed by atoms with Gasteiger partial charge in [0.05, 0.1) is 0 Å². The molecular weight excluding hydrogens is 242 g/mol. The molecule has 100 valence electrons. The fourth-order valence-electron chi connectivity index (χ4n) is 2.36. The van der Waals surface area contributed by atoms with Gasteiger partial charge in [-0.15, -0.1) is 0 Å². The molecular formula is C13H17N5O. The van der Waals surface area contributed by atoms with Gasteiger partial charge < -0.3 is 15.2 Å². The van der Waals surface area contributed by atoms with Crippen LogP contribution in [-0.4, -0.2) is 34.3 Å². The lowest BCUT2D eigenvalue weighted by Crippen LogP contribution is -2.43. The third kappa shape index (κ3) is 2.58. The summed E-state index contributed by atoms with van der Waals surface area (Å²) in [6.07, 6.45) is 3.95. The van der Waals surface area contributed by atoms with E-state index in [1.807, 2.05) is 12.1 Å². The highest BCUT2D eigenvalue weighted by Gasteiger charge is 2.18. The van der Waals surface area contributed by atoms with Gasteiger partial charge in [-0.3, -0.25) is 0 Å². The van der Waals surface area contributed by atoms with E-state index in [9.17, 15) is 0 Å². The van der Waals surface area contributed by atoms with E-state index in [-0.39, 0.29) is 6.04 Å². The van der Waals surface area contributed by atoms with E-state index >= 15 is 0 Å². The maximum Gasteiger partial charge on any atom is 0.258 e. The van der Waals surface area contributed by atoms with Crippen LogP contribution >= 0.6 is 0 Å². The van der Waals surface area contributed by atoms with Crippen LogP contribution < -0.4 is 10.6 Å². The average Bonchev–Trinajstić information content (AvgIpc) is 2.86. The van der Waals surface area contributed by atoms with Crippen molar-refractivity contribution in [3.63, 3.8) is 0 Å². The second-order valence-corrected chi connectivity index (χ2v) is 4.90. The molecule has 19 heavy (non-hydrogen) atoms. The molecule has 0 spiro atoms. The number of hydrogen-bond donors (Lipinski definition) is 1. The van der Waals surface area contributed by atoms with Gasteiger partial charge in [0.2, 0.25) is 0 Å². The second kappa shape index (κ2) is 4.97. The Morgan fingerprint density at radius 1 is 1.47 bits per heavy atom. The highest BCUT2D eigenvalue weighted by atomic mass is 16.5. The molecule has 6 heteroatoms. The fourth-order valence-corrected chi connectivity index (χ4v) is 2.36. The van der Waals surface area contributed by atoms with Crippen molar-refractivity contribution < 1.29 is 4.52 Å². The summed E-state index contributed by atoms with van der Waals surface area (Å²) in [5.41, 5.74) is 6.90. The molecule has 3 rings (SSSR count). The monoisotopic (exact) mass is 259 g/mol. The Morgan fingerprint density at radius 3 is 3.11 bits per heavy atom. The maximum atomic E-state index is 6.00. The topological polar surface area (TPSA) is 81.1 Å². The molecule has 1 saturated heterocycles. The Balaban J connectivity index is 1.87. The molecule has 0 unspecified atom stereocenters. The summed E-state index contributed by atoms with van der Waals surface area (Å²) in [4.78, 5) is 10.9. The molecule has 0 bridgehead atoms. The highest BCUT2D eigenvalue weighted by molar-refractivity contribution is 5.58. The standard InChI is InChI=1S/C13H17N5O/c1-9-16-13(19-17-9)10-4-5-15-12(7-10)18-6-2-3-11(14)8-18/h4-5,7,11H,2-3,6,8,14H2,1H3/t11-/m1/s1. The lowest BCUT2D eigenvalue weighted by molar-refractivity contribution is 0.425. The van der Waals surface area contributed by atoms with Crippen molar-refractivity contribution in [2.75, 3.05) is 18.0 Å². The van der Waals surface area contributed by atoms with Gasteiger partial charge in [0.1, 0.15) is 5.82 Å². The van der Waals surface area contributed by atoms with Gasteiger partial charge in [-0.1, -0.05) is 5.16 Å². The van der Waals surface area contributed by atoms with Crippen LogP contribution in [0.5, 0.6) is 0 Å². The number of pyridine rings is 1. The molecule has 0 aliphatic carbocycles. The lowest BCUT2D eigenvalue weighted by Gasteiger charge is -2.31. The highest BCUT2D eigenvalue weighted by Crippen LogP contribution is 2.23. The summed E-state index contributed by atoms with van der Waals surface area (Å²) < 4.78 is 5.18. The van der Waals surface area contributed by atoms with E-state index in [1.165, 1.54) is 0 Å². The van der Waals surface area contributed by atoms with Crippen LogP contribution in [0.15, 0.2) is 22.9 Å². The molecule has 1 aliphatic heterocycles. The van der Waals surface area contributed by atoms with Gasteiger partial charge >= 0.3 is 0 Å².